The molecule has 2 heterocycles. The number of phenolic OH excluding ortho intramolecular Hbond substituents is 1. The van der Waals surface area contributed by atoms with E-state index in [2.05, 4.69) is 10.2 Å². The fourth-order valence-electron chi connectivity index (χ4n) is 3.96. The van der Waals surface area contributed by atoms with Crippen LogP contribution in [-0.4, -0.2) is 76.5 Å². The molecule has 0 unspecified atom stereocenters. The molecule has 0 bridgehead atoms. The highest BCUT2D eigenvalue weighted by molar-refractivity contribution is 5.97. The first-order chi connectivity index (χ1) is 15.8. The third kappa shape index (κ3) is 6.66. The van der Waals surface area contributed by atoms with Crippen LogP contribution in [0.3, 0.4) is 0 Å². The van der Waals surface area contributed by atoms with E-state index < -0.39 is 30.1 Å². The molecule has 8 heteroatoms. The Kier molecular flexibility index (Phi) is 8.66. The van der Waals surface area contributed by atoms with E-state index >= 15 is 0 Å². The Hall–Kier alpha value is -2.68. The lowest BCUT2D eigenvalue weighted by molar-refractivity contribution is -0.127. The highest BCUT2D eigenvalue weighted by Crippen LogP contribution is 2.30. The third-order valence-corrected chi connectivity index (χ3v) is 6.24. The zero-order valence-electron chi connectivity index (χ0n) is 19.2. The summed E-state index contributed by atoms with van der Waals surface area (Å²) in [6.45, 7) is 7.22. The van der Waals surface area contributed by atoms with Crippen LogP contribution in [0.4, 0.5) is 5.69 Å². The number of rotatable bonds is 4. The minimum absolute atomic E-state index is 0.00539. The SMILES string of the molecule is C[C@@H]1/C=C/C(=O)[C@H](O)[C@@H](O)C/C=C/c2cc(NCCN3CCCC3)cc(O)c2C(=O)O[C@H]1C. The smallest absolute Gasteiger partial charge is 0.342 e. The number of nitrogens with zero attached hydrogens (tertiary/aromatic N) is 1. The molecule has 0 aromatic heterocycles. The fraction of sp³-hybridized carbons (Fsp3) is 0.520. The minimum atomic E-state index is -1.55. The number of carbonyl (C=O) groups excluding carboxylic acids is 2. The Morgan fingerprint density at radius 1 is 1.12 bits per heavy atom. The van der Waals surface area contributed by atoms with Crippen molar-refractivity contribution in [3.63, 3.8) is 0 Å². The van der Waals surface area contributed by atoms with E-state index in [4.69, 9.17) is 4.74 Å². The number of aromatic hydroxyl groups is 1. The summed E-state index contributed by atoms with van der Waals surface area (Å²) in [5.41, 5.74) is 1.11. The van der Waals surface area contributed by atoms with E-state index in [1.165, 1.54) is 31.1 Å². The van der Waals surface area contributed by atoms with Gasteiger partial charge in [-0.05, 0) is 57.0 Å². The number of fused-ring (bicyclic) bond motifs is 1. The Morgan fingerprint density at radius 2 is 1.85 bits per heavy atom. The number of hydrogen-bond acceptors (Lipinski definition) is 8. The standard InChI is InChI=1S/C25H34N2O6/c1-16-8-9-21(29)24(31)20(28)7-5-6-18-14-19(26-10-13-27-11-3-4-12-27)15-22(30)23(18)25(32)33-17(16)2/h5-6,8-9,14-17,20,24,26,28,30-31H,3-4,7,10-13H2,1-2H3/b6-5+,9-8+/t16-,17+,20+,24-/m1/s1. The van der Waals surface area contributed by atoms with E-state index in [1.54, 1.807) is 32.1 Å². The number of nitrogens with one attached hydrogen (secondary N) is 1. The largest absolute Gasteiger partial charge is 0.507 e. The van der Waals surface area contributed by atoms with Crippen molar-refractivity contribution >= 4 is 23.5 Å². The van der Waals surface area contributed by atoms with Crippen molar-refractivity contribution in [1.29, 1.82) is 0 Å². The van der Waals surface area contributed by atoms with Crippen molar-refractivity contribution in [3.05, 3.63) is 41.5 Å². The van der Waals surface area contributed by atoms with Crippen LogP contribution in [0.15, 0.2) is 30.4 Å². The Balaban J connectivity index is 1.86. The first-order valence-electron chi connectivity index (χ1n) is 11.5. The van der Waals surface area contributed by atoms with Gasteiger partial charge < -0.3 is 30.3 Å². The van der Waals surface area contributed by atoms with Crippen molar-refractivity contribution in [2.75, 3.05) is 31.5 Å². The second-order valence-corrected chi connectivity index (χ2v) is 8.82. The van der Waals surface area contributed by atoms with Gasteiger partial charge in [-0.2, -0.15) is 0 Å². The lowest BCUT2D eigenvalue weighted by Crippen LogP contribution is -2.32. The first kappa shape index (κ1) is 25.0. The Morgan fingerprint density at radius 3 is 2.58 bits per heavy atom. The normalized spacial score (nSPS) is 29.1. The topological polar surface area (TPSA) is 119 Å². The lowest BCUT2D eigenvalue weighted by Gasteiger charge is -2.20. The number of ketones is 1. The number of esters is 1. The van der Waals surface area contributed by atoms with E-state index in [-0.39, 0.29) is 23.7 Å². The number of aliphatic hydroxyl groups excluding tert-OH is 2. The maximum absolute atomic E-state index is 12.9. The van der Waals surface area contributed by atoms with Gasteiger partial charge in [-0.25, -0.2) is 4.79 Å². The second-order valence-electron chi connectivity index (χ2n) is 8.82. The van der Waals surface area contributed by atoms with Crippen LogP contribution in [0, 0.1) is 5.92 Å². The fourth-order valence-corrected chi connectivity index (χ4v) is 3.96. The summed E-state index contributed by atoms with van der Waals surface area (Å²) in [5.74, 6) is -1.81. The summed E-state index contributed by atoms with van der Waals surface area (Å²) in [6, 6.07) is 3.25. The van der Waals surface area contributed by atoms with Crippen molar-refractivity contribution in [2.24, 2.45) is 5.92 Å². The molecule has 2 aliphatic heterocycles. The van der Waals surface area contributed by atoms with Gasteiger partial charge in [-0.3, -0.25) is 4.79 Å². The summed E-state index contributed by atoms with van der Waals surface area (Å²) >= 11 is 0. The van der Waals surface area contributed by atoms with Crippen molar-refractivity contribution in [3.8, 4) is 5.75 Å². The first-order valence-corrected chi connectivity index (χ1v) is 11.5. The maximum Gasteiger partial charge on any atom is 0.342 e. The Bertz CT molecular complexity index is 906. The molecule has 4 N–H and O–H groups in total. The highest BCUT2D eigenvalue weighted by Gasteiger charge is 2.25. The molecule has 4 atom stereocenters. The number of hydrogen-bond donors (Lipinski definition) is 4. The Labute approximate surface area is 194 Å². The number of carbonyl (C=O) groups is 2. The van der Waals surface area contributed by atoms with Crippen LogP contribution in [0.1, 0.15) is 49.0 Å². The van der Waals surface area contributed by atoms with Gasteiger partial charge in [-0.1, -0.05) is 25.2 Å². The molecule has 0 spiro atoms. The maximum atomic E-state index is 12.9. The minimum Gasteiger partial charge on any atom is -0.507 e. The van der Waals surface area contributed by atoms with Gasteiger partial charge in [-0.15, -0.1) is 0 Å². The number of aliphatic hydroxyl groups is 2. The number of phenols is 1. The molecule has 1 aromatic rings. The molecule has 1 fully saturated rings. The zero-order chi connectivity index (χ0) is 24.0. The molecular formula is C25H34N2O6. The van der Waals surface area contributed by atoms with Gasteiger partial charge in [0.1, 0.15) is 23.5 Å². The number of anilines is 1. The van der Waals surface area contributed by atoms with Gasteiger partial charge in [0.15, 0.2) is 5.78 Å². The van der Waals surface area contributed by atoms with Crippen LogP contribution in [0.5, 0.6) is 5.75 Å². The predicted molar refractivity (Wildman–Crippen MR) is 126 cm³/mol. The van der Waals surface area contributed by atoms with Crippen molar-refractivity contribution in [2.45, 2.75) is 51.4 Å². The van der Waals surface area contributed by atoms with Crippen LogP contribution >= 0.6 is 0 Å². The number of ether oxygens (including phenoxy) is 1. The molecule has 0 aliphatic carbocycles. The molecule has 180 valence electrons. The van der Waals surface area contributed by atoms with E-state index in [0.29, 0.717) is 17.8 Å². The van der Waals surface area contributed by atoms with Gasteiger partial charge in [0.25, 0.3) is 0 Å². The molecule has 0 saturated carbocycles. The molecule has 0 amide bonds. The van der Waals surface area contributed by atoms with Gasteiger partial charge in [0, 0.05) is 30.8 Å². The lowest BCUT2D eigenvalue weighted by atomic mass is 9.99. The van der Waals surface area contributed by atoms with Crippen LogP contribution < -0.4 is 5.32 Å². The predicted octanol–water partition coefficient (Wildman–Crippen LogP) is 2.35. The van der Waals surface area contributed by atoms with Crippen LogP contribution in [0.2, 0.25) is 0 Å². The number of benzene rings is 1. The molecule has 33 heavy (non-hydrogen) atoms. The van der Waals surface area contributed by atoms with Crippen molar-refractivity contribution < 1.29 is 29.6 Å². The quantitative estimate of drug-likeness (QED) is 0.508. The summed E-state index contributed by atoms with van der Waals surface area (Å²) in [6.07, 6.45) is 4.87. The summed E-state index contributed by atoms with van der Waals surface area (Å²) in [5, 5.41) is 34.2. The summed E-state index contributed by atoms with van der Waals surface area (Å²) in [7, 11) is 0. The van der Waals surface area contributed by atoms with E-state index in [0.717, 1.165) is 19.6 Å². The third-order valence-electron chi connectivity index (χ3n) is 6.24. The summed E-state index contributed by atoms with van der Waals surface area (Å²) < 4.78 is 5.55. The molecule has 3 rings (SSSR count). The average molecular weight is 459 g/mol. The van der Waals surface area contributed by atoms with Gasteiger partial charge in [0.2, 0.25) is 0 Å². The van der Waals surface area contributed by atoms with Crippen LogP contribution in [-0.2, 0) is 9.53 Å². The molecule has 1 saturated heterocycles. The van der Waals surface area contributed by atoms with E-state index in [1.807, 2.05) is 0 Å². The van der Waals surface area contributed by atoms with Gasteiger partial charge in [0.05, 0.1) is 6.10 Å². The van der Waals surface area contributed by atoms with Crippen molar-refractivity contribution in [1.82, 2.24) is 4.90 Å². The average Bonchev–Trinajstić information content (AvgIpc) is 3.29. The van der Waals surface area contributed by atoms with Gasteiger partial charge >= 0.3 is 5.97 Å². The highest BCUT2D eigenvalue weighted by atomic mass is 16.5. The van der Waals surface area contributed by atoms with E-state index in [9.17, 15) is 24.9 Å². The molecule has 2 aliphatic rings. The molecular weight excluding hydrogens is 424 g/mol. The van der Waals surface area contributed by atoms with Crippen LogP contribution in [0.25, 0.3) is 6.08 Å². The molecule has 0 radical (unpaired) electrons. The zero-order valence-corrected chi connectivity index (χ0v) is 19.2. The monoisotopic (exact) mass is 458 g/mol. The molecule has 8 nitrogen and oxygen atoms in total. The summed E-state index contributed by atoms with van der Waals surface area (Å²) in [4.78, 5) is 27.4. The number of likely N-dealkylation sites (tertiary alicyclic amines) is 1. The second kappa shape index (κ2) is 11.4. The molecule has 1 aromatic carbocycles. The number of cyclic esters (lactones) is 1.